The number of carbonyl (C=O) groups excluding carboxylic acids is 2. The van der Waals surface area contributed by atoms with Crippen LogP contribution in [-0.4, -0.2) is 35.0 Å². The number of nitrogens with one attached hydrogen (secondary N) is 1. The summed E-state index contributed by atoms with van der Waals surface area (Å²) in [7, 11) is 0. The van der Waals surface area contributed by atoms with Crippen molar-refractivity contribution >= 4 is 23.4 Å². The predicted octanol–water partition coefficient (Wildman–Crippen LogP) is 6.05. The summed E-state index contributed by atoms with van der Waals surface area (Å²) in [6, 6.07) is 15.0. The van der Waals surface area contributed by atoms with Crippen LogP contribution in [0.3, 0.4) is 0 Å². The van der Waals surface area contributed by atoms with Gasteiger partial charge in [-0.25, -0.2) is 0 Å². The highest BCUT2D eigenvalue weighted by atomic mass is 35.5. The first-order chi connectivity index (χ1) is 17.1. The molecule has 0 unspecified atom stereocenters. The van der Waals surface area contributed by atoms with Crippen LogP contribution in [0.15, 0.2) is 54.6 Å². The maximum Gasteiger partial charge on any atom is 0.431 e. The van der Waals surface area contributed by atoms with Gasteiger partial charge in [0.15, 0.2) is 5.78 Å². The van der Waals surface area contributed by atoms with Crippen LogP contribution in [0.2, 0.25) is 5.02 Å². The van der Waals surface area contributed by atoms with E-state index in [1.165, 1.54) is 6.92 Å². The summed E-state index contributed by atoms with van der Waals surface area (Å²) in [5, 5.41) is 3.39. The maximum absolute atomic E-state index is 14.4. The Morgan fingerprint density at radius 1 is 1.08 bits per heavy atom. The molecule has 1 saturated carbocycles. The molecule has 1 N–H and O–H groups in total. The Labute approximate surface area is 212 Å². The molecule has 5 nitrogen and oxygen atoms in total. The van der Waals surface area contributed by atoms with Crippen molar-refractivity contribution in [3.05, 3.63) is 82.1 Å². The van der Waals surface area contributed by atoms with Gasteiger partial charge >= 0.3 is 12.1 Å². The Bertz CT molecular complexity index is 1260. The third kappa shape index (κ3) is 5.20. The molecule has 0 aliphatic heterocycles. The summed E-state index contributed by atoms with van der Waals surface area (Å²) in [6.07, 6.45) is -3.70. The van der Waals surface area contributed by atoms with E-state index in [-0.39, 0.29) is 36.5 Å². The van der Waals surface area contributed by atoms with Gasteiger partial charge in [-0.05, 0) is 55.5 Å². The van der Waals surface area contributed by atoms with Crippen LogP contribution in [0, 0.1) is 6.92 Å². The maximum atomic E-state index is 14.4. The van der Waals surface area contributed by atoms with Crippen LogP contribution >= 0.6 is 11.6 Å². The number of alkyl halides is 3. The summed E-state index contributed by atoms with van der Waals surface area (Å²) in [5.74, 6) is -1.01. The number of ketones is 1. The minimum absolute atomic E-state index is 0.0457. The second-order valence-corrected chi connectivity index (χ2v) is 9.29. The number of aromatic nitrogens is 1. The molecular formula is C27H26ClF3N2O3. The normalized spacial score (nSPS) is 14.5. The molecule has 4 rings (SSSR count). The van der Waals surface area contributed by atoms with E-state index in [4.69, 9.17) is 16.3 Å². The predicted molar refractivity (Wildman–Crippen MR) is 131 cm³/mol. The van der Waals surface area contributed by atoms with E-state index in [0.29, 0.717) is 29.0 Å². The van der Waals surface area contributed by atoms with Crippen molar-refractivity contribution < 1.29 is 27.5 Å². The highest BCUT2D eigenvalue weighted by Gasteiger charge is 2.51. The third-order valence-corrected chi connectivity index (χ3v) is 6.61. The van der Waals surface area contributed by atoms with Gasteiger partial charge in [0.2, 0.25) is 0 Å². The van der Waals surface area contributed by atoms with Gasteiger partial charge in [-0.2, -0.15) is 13.2 Å². The molecule has 0 radical (unpaired) electrons. The largest absolute Gasteiger partial charge is 0.465 e. The minimum atomic E-state index is -4.70. The molecule has 9 heteroatoms. The average Bonchev–Trinajstić information content (AvgIpc) is 3.57. The van der Waals surface area contributed by atoms with Crippen molar-refractivity contribution in [2.75, 3.05) is 13.2 Å². The summed E-state index contributed by atoms with van der Waals surface area (Å²) in [6.45, 7) is 2.81. The number of halogens is 4. The molecule has 2 aromatic carbocycles. The second kappa shape index (κ2) is 10.1. The molecule has 1 heterocycles. The number of hydrogen-bond donors (Lipinski definition) is 1. The Morgan fingerprint density at radius 2 is 1.72 bits per heavy atom. The molecule has 0 saturated heterocycles. The lowest BCUT2D eigenvalue weighted by Gasteiger charge is -2.18. The van der Waals surface area contributed by atoms with Crippen molar-refractivity contribution in [1.29, 1.82) is 0 Å². The fourth-order valence-corrected chi connectivity index (χ4v) is 4.60. The van der Waals surface area contributed by atoms with E-state index >= 15 is 0 Å². The highest BCUT2D eigenvalue weighted by molar-refractivity contribution is 6.30. The molecule has 0 bridgehead atoms. The fraction of sp³-hybridized carbons (Fsp3) is 0.333. The average molecular weight is 519 g/mol. The number of esters is 1. The van der Waals surface area contributed by atoms with Crippen LogP contribution in [0.4, 0.5) is 13.2 Å². The van der Waals surface area contributed by atoms with Gasteiger partial charge < -0.3 is 9.30 Å². The van der Waals surface area contributed by atoms with Crippen molar-refractivity contribution in [3.63, 3.8) is 0 Å². The molecular weight excluding hydrogens is 493 g/mol. The number of nitrogens with zero attached hydrogens (tertiary/aromatic N) is 1. The summed E-state index contributed by atoms with van der Waals surface area (Å²) in [4.78, 5) is 26.0. The first kappa shape index (κ1) is 26.0. The standard InChI is InChI=1S/C27H26ClF3N2O3/c1-3-36-25(35)26(13-14-26)32-15-21(34)23-22(19-9-11-20(28)12-10-19)17(2)24(27(29,30)31)33(23)16-18-7-5-4-6-8-18/h4-12,32H,3,13-16H2,1-2H3. The Kier molecular flexibility index (Phi) is 7.29. The van der Waals surface area contributed by atoms with E-state index in [9.17, 15) is 22.8 Å². The van der Waals surface area contributed by atoms with E-state index in [1.807, 2.05) is 0 Å². The van der Waals surface area contributed by atoms with Gasteiger partial charge in [-0.15, -0.1) is 0 Å². The van der Waals surface area contributed by atoms with Crippen LogP contribution in [-0.2, 0) is 22.3 Å². The first-order valence-electron chi connectivity index (χ1n) is 11.6. The summed E-state index contributed by atoms with van der Waals surface area (Å²) >= 11 is 6.01. The third-order valence-electron chi connectivity index (χ3n) is 6.36. The lowest BCUT2D eigenvalue weighted by atomic mass is 9.99. The van der Waals surface area contributed by atoms with Crippen LogP contribution in [0.25, 0.3) is 11.1 Å². The Hall–Kier alpha value is -3.10. The van der Waals surface area contributed by atoms with Gasteiger partial charge in [-0.1, -0.05) is 54.1 Å². The number of Topliss-reactive ketones (excluding diaryl/α,β-unsaturated/α-hetero) is 1. The number of rotatable bonds is 9. The van der Waals surface area contributed by atoms with E-state index in [1.54, 1.807) is 61.5 Å². The molecule has 1 fully saturated rings. The van der Waals surface area contributed by atoms with Crippen LogP contribution < -0.4 is 5.32 Å². The molecule has 0 atom stereocenters. The minimum Gasteiger partial charge on any atom is -0.465 e. The van der Waals surface area contributed by atoms with Gasteiger partial charge in [0, 0.05) is 17.1 Å². The number of carbonyl (C=O) groups is 2. The summed E-state index contributed by atoms with van der Waals surface area (Å²) < 4.78 is 49.3. The molecule has 1 aliphatic carbocycles. The van der Waals surface area contributed by atoms with Crippen LogP contribution in [0.5, 0.6) is 0 Å². The van der Waals surface area contributed by atoms with Crippen LogP contribution in [0.1, 0.15) is 47.1 Å². The van der Waals surface area contributed by atoms with Gasteiger partial charge in [-0.3, -0.25) is 14.9 Å². The fourth-order valence-electron chi connectivity index (χ4n) is 4.48. The molecule has 3 aromatic rings. The molecule has 1 aliphatic rings. The lowest BCUT2D eigenvalue weighted by Crippen LogP contribution is -2.43. The summed E-state index contributed by atoms with van der Waals surface area (Å²) in [5.41, 5.74) is -0.704. The zero-order valence-corrected chi connectivity index (χ0v) is 20.7. The molecule has 0 spiro atoms. The van der Waals surface area contributed by atoms with Crippen molar-refractivity contribution in [2.24, 2.45) is 0 Å². The lowest BCUT2D eigenvalue weighted by molar-refractivity contribution is -0.147. The Balaban J connectivity index is 1.83. The van der Waals surface area contributed by atoms with Crippen molar-refractivity contribution in [3.8, 4) is 11.1 Å². The quantitative estimate of drug-likeness (QED) is 0.277. The number of hydrogen-bond acceptors (Lipinski definition) is 4. The van der Waals surface area contributed by atoms with Crippen molar-refractivity contribution in [2.45, 2.75) is 44.9 Å². The zero-order valence-electron chi connectivity index (χ0n) is 19.9. The number of ether oxygens (including phenoxy) is 1. The smallest absolute Gasteiger partial charge is 0.431 e. The Morgan fingerprint density at radius 3 is 2.28 bits per heavy atom. The van der Waals surface area contributed by atoms with Crippen molar-refractivity contribution in [1.82, 2.24) is 9.88 Å². The van der Waals surface area contributed by atoms with E-state index in [0.717, 1.165) is 4.57 Å². The van der Waals surface area contributed by atoms with Gasteiger partial charge in [0.1, 0.15) is 11.2 Å². The monoisotopic (exact) mass is 518 g/mol. The van der Waals surface area contributed by atoms with Gasteiger partial charge in [0.05, 0.1) is 18.8 Å². The topological polar surface area (TPSA) is 60.3 Å². The first-order valence-corrected chi connectivity index (χ1v) is 12.0. The highest BCUT2D eigenvalue weighted by Crippen LogP contribution is 2.42. The molecule has 190 valence electrons. The zero-order chi connectivity index (χ0) is 26.1. The van der Waals surface area contributed by atoms with E-state index in [2.05, 4.69) is 5.32 Å². The number of benzene rings is 2. The molecule has 0 amide bonds. The SMILES string of the molecule is CCOC(=O)C1(NCC(=O)c2c(-c3ccc(Cl)cc3)c(C)c(C(F)(F)F)n2Cc2ccccc2)CC1. The second-order valence-electron chi connectivity index (χ2n) is 8.85. The molecule has 36 heavy (non-hydrogen) atoms. The molecule has 1 aromatic heterocycles. The van der Waals surface area contributed by atoms with Gasteiger partial charge in [0.25, 0.3) is 0 Å². The van der Waals surface area contributed by atoms with E-state index < -0.39 is 29.2 Å².